The first-order valence-corrected chi connectivity index (χ1v) is 5.56. The molecule has 0 bridgehead atoms. The Hall–Kier alpha value is -1.08. The minimum atomic E-state index is -0.190. The van der Waals surface area contributed by atoms with Gasteiger partial charge in [-0.2, -0.15) is 5.26 Å². The summed E-state index contributed by atoms with van der Waals surface area (Å²) in [6.45, 7) is 4.01. The van der Waals surface area contributed by atoms with Gasteiger partial charge in [-0.05, 0) is 26.2 Å². The molecule has 1 rings (SSSR count). The van der Waals surface area contributed by atoms with Gasteiger partial charge in [-0.15, -0.1) is 0 Å². The first-order valence-electron chi connectivity index (χ1n) is 5.56. The van der Waals surface area contributed by atoms with E-state index in [1.165, 1.54) is 0 Å². The molecule has 1 saturated heterocycles. The van der Waals surface area contributed by atoms with Crippen molar-refractivity contribution in [3.05, 3.63) is 0 Å². The second kappa shape index (κ2) is 6.41. The highest BCUT2D eigenvalue weighted by atomic mass is 16.5. The van der Waals surface area contributed by atoms with Crippen LogP contribution in [0.5, 0.6) is 0 Å². The SMILES string of the molecule is CCOCCCC(=O)N1CCCC1C#N. The lowest BCUT2D eigenvalue weighted by molar-refractivity contribution is -0.131. The number of rotatable bonds is 5. The number of carbonyl (C=O) groups excluding carboxylic acids is 1. The average molecular weight is 210 g/mol. The van der Waals surface area contributed by atoms with Crippen molar-refractivity contribution in [1.29, 1.82) is 5.26 Å². The van der Waals surface area contributed by atoms with Crippen molar-refractivity contribution in [1.82, 2.24) is 4.90 Å². The molecule has 4 nitrogen and oxygen atoms in total. The van der Waals surface area contributed by atoms with Crippen molar-refractivity contribution in [3.8, 4) is 6.07 Å². The quantitative estimate of drug-likeness (QED) is 0.643. The van der Waals surface area contributed by atoms with Gasteiger partial charge in [0.25, 0.3) is 0 Å². The number of carbonyl (C=O) groups is 1. The Balaban J connectivity index is 2.25. The fourth-order valence-electron chi connectivity index (χ4n) is 1.81. The zero-order valence-electron chi connectivity index (χ0n) is 9.24. The van der Waals surface area contributed by atoms with Crippen LogP contribution in [0.2, 0.25) is 0 Å². The highest BCUT2D eigenvalue weighted by Gasteiger charge is 2.27. The van der Waals surface area contributed by atoms with E-state index in [2.05, 4.69) is 6.07 Å². The summed E-state index contributed by atoms with van der Waals surface area (Å²) in [5, 5.41) is 8.83. The lowest BCUT2D eigenvalue weighted by atomic mass is 10.2. The number of hydrogen-bond acceptors (Lipinski definition) is 3. The van der Waals surface area contributed by atoms with Crippen LogP contribution < -0.4 is 0 Å². The van der Waals surface area contributed by atoms with E-state index in [0.717, 1.165) is 25.8 Å². The topological polar surface area (TPSA) is 53.3 Å². The van der Waals surface area contributed by atoms with Crippen LogP contribution in [0.3, 0.4) is 0 Å². The summed E-state index contributed by atoms with van der Waals surface area (Å²) >= 11 is 0. The third kappa shape index (κ3) is 3.52. The average Bonchev–Trinajstić information content (AvgIpc) is 2.72. The first-order chi connectivity index (χ1) is 7.29. The molecule has 0 aromatic rings. The Morgan fingerprint density at radius 3 is 3.13 bits per heavy atom. The summed E-state index contributed by atoms with van der Waals surface area (Å²) in [6, 6.07) is 1.98. The number of hydrogen-bond donors (Lipinski definition) is 0. The number of ether oxygens (including phenoxy) is 1. The third-order valence-electron chi connectivity index (χ3n) is 2.61. The van der Waals surface area contributed by atoms with Gasteiger partial charge in [0.05, 0.1) is 6.07 Å². The van der Waals surface area contributed by atoms with Crippen LogP contribution in [0.25, 0.3) is 0 Å². The molecular weight excluding hydrogens is 192 g/mol. The van der Waals surface area contributed by atoms with Crippen LogP contribution in [0.15, 0.2) is 0 Å². The summed E-state index contributed by atoms with van der Waals surface area (Å²) in [5.41, 5.74) is 0. The van der Waals surface area contributed by atoms with Crippen molar-refractivity contribution in [3.63, 3.8) is 0 Å². The minimum Gasteiger partial charge on any atom is -0.382 e. The molecule has 0 aliphatic carbocycles. The molecule has 4 heteroatoms. The molecule has 0 radical (unpaired) electrons. The smallest absolute Gasteiger partial charge is 0.223 e. The predicted octanol–water partition coefficient (Wildman–Crippen LogP) is 1.32. The Morgan fingerprint density at radius 2 is 2.47 bits per heavy atom. The monoisotopic (exact) mass is 210 g/mol. The van der Waals surface area contributed by atoms with E-state index in [0.29, 0.717) is 19.6 Å². The molecule has 1 heterocycles. The number of likely N-dealkylation sites (tertiary alicyclic amines) is 1. The molecule has 1 aliphatic rings. The molecule has 1 fully saturated rings. The Bertz CT molecular complexity index is 247. The maximum absolute atomic E-state index is 11.7. The Morgan fingerprint density at radius 1 is 1.67 bits per heavy atom. The molecule has 0 spiro atoms. The lowest BCUT2D eigenvalue weighted by Gasteiger charge is -2.19. The molecule has 1 atom stereocenters. The number of nitriles is 1. The van der Waals surface area contributed by atoms with Gasteiger partial charge in [-0.3, -0.25) is 4.79 Å². The number of nitrogens with zero attached hydrogens (tertiary/aromatic N) is 2. The summed E-state index contributed by atoms with van der Waals surface area (Å²) in [5.74, 6) is 0.0961. The van der Waals surface area contributed by atoms with Gasteiger partial charge in [0.15, 0.2) is 0 Å². The van der Waals surface area contributed by atoms with Gasteiger partial charge in [0.1, 0.15) is 6.04 Å². The van der Waals surface area contributed by atoms with E-state index in [1.54, 1.807) is 4.90 Å². The second-order valence-electron chi connectivity index (χ2n) is 3.67. The highest BCUT2D eigenvalue weighted by molar-refractivity contribution is 5.77. The molecule has 84 valence electrons. The largest absolute Gasteiger partial charge is 0.382 e. The fourth-order valence-corrected chi connectivity index (χ4v) is 1.81. The first kappa shape index (κ1) is 12.0. The predicted molar refractivity (Wildman–Crippen MR) is 56.1 cm³/mol. The molecule has 1 unspecified atom stereocenters. The van der Waals surface area contributed by atoms with Crippen LogP contribution in [0, 0.1) is 11.3 Å². The van der Waals surface area contributed by atoms with Crippen LogP contribution in [0.4, 0.5) is 0 Å². The molecule has 1 amide bonds. The van der Waals surface area contributed by atoms with Gasteiger partial charge in [-0.25, -0.2) is 0 Å². The van der Waals surface area contributed by atoms with Gasteiger partial charge >= 0.3 is 0 Å². The second-order valence-corrected chi connectivity index (χ2v) is 3.67. The maximum atomic E-state index is 11.7. The molecule has 15 heavy (non-hydrogen) atoms. The molecule has 0 aromatic carbocycles. The Labute approximate surface area is 90.8 Å². The summed E-state index contributed by atoms with van der Waals surface area (Å²) in [7, 11) is 0. The van der Waals surface area contributed by atoms with Crippen LogP contribution in [0.1, 0.15) is 32.6 Å². The third-order valence-corrected chi connectivity index (χ3v) is 2.61. The van der Waals surface area contributed by atoms with Crippen molar-refractivity contribution in [2.24, 2.45) is 0 Å². The minimum absolute atomic E-state index is 0.0961. The zero-order valence-corrected chi connectivity index (χ0v) is 9.24. The summed E-state index contributed by atoms with van der Waals surface area (Å²) in [6.07, 6.45) is 3.03. The zero-order chi connectivity index (χ0) is 11.1. The molecule has 0 aromatic heterocycles. The summed E-state index contributed by atoms with van der Waals surface area (Å²) in [4.78, 5) is 13.4. The van der Waals surface area contributed by atoms with E-state index in [4.69, 9.17) is 10.00 Å². The van der Waals surface area contributed by atoms with Crippen LogP contribution in [-0.2, 0) is 9.53 Å². The molecular formula is C11H18N2O2. The number of amides is 1. The summed E-state index contributed by atoms with van der Waals surface area (Å²) < 4.78 is 5.16. The van der Waals surface area contributed by atoms with Gasteiger partial charge in [-0.1, -0.05) is 0 Å². The van der Waals surface area contributed by atoms with Crippen molar-refractivity contribution >= 4 is 5.91 Å². The Kier molecular flexibility index (Phi) is 5.13. The van der Waals surface area contributed by atoms with E-state index >= 15 is 0 Å². The van der Waals surface area contributed by atoms with Crippen molar-refractivity contribution < 1.29 is 9.53 Å². The van der Waals surface area contributed by atoms with Crippen molar-refractivity contribution in [2.45, 2.75) is 38.6 Å². The standard InChI is InChI=1S/C11H18N2O2/c1-2-15-8-4-6-11(14)13-7-3-5-10(13)9-12/h10H,2-8H2,1H3. The fraction of sp³-hybridized carbons (Fsp3) is 0.818. The van der Waals surface area contributed by atoms with Crippen LogP contribution in [-0.4, -0.2) is 36.6 Å². The van der Waals surface area contributed by atoms with Gasteiger partial charge < -0.3 is 9.64 Å². The molecule has 1 aliphatic heterocycles. The lowest BCUT2D eigenvalue weighted by Crippen LogP contribution is -2.34. The van der Waals surface area contributed by atoms with Gasteiger partial charge in [0.2, 0.25) is 5.91 Å². The maximum Gasteiger partial charge on any atom is 0.223 e. The normalized spacial score (nSPS) is 20.3. The van der Waals surface area contributed by atoms with Gasteiger partial charge in [0, 0.05) is 26.2 Å². The van der Waals surface area contributed by atoms with E-state index in [9.17, 15) is 4.79 Å². The van der Waals surface area contributed by atoms with E-state index in [-0.39, 0.29) is 11.9 Å². The van der Waals surface area contributed by atoms with Crippen molar-refractivity contribution in [2.75, 3.05) is 19.8 Å². The van der Waals surface area contributed by atoms with E-state index in [1.807, 2.05) is 6.92 Å². The molecule has 0 N–H and O–H groups in total. The van der Waals surface area contributed by atoms with Crippen LogP contribution >= 0.6 is 0 Å². The molecule has 0 saturated carbocycles. The van der Waals surface area contributed by atoms with E-state index < -0.39 is 0 Å². The highest BCUT2D eigenvalue weighted by Crippen LogP contribution is 2.17.